The number of rotatable bonds is 1. The van der Waals surface area contributed by atoms with Gasteiger partial charge in [-0.2, -0.15) is 0 Å². The lowest BCUT2D eigenvalue weighted by atomic mass is 9.99. The third-order valence-corrected chi connectivity index (χ3v) is 5.06. The fourth-order valence-corrected chi connectivity index (χ4v) is 3.73. The maximum Gasteiger partial charge on any atom is 0.332 e. The molecule has 1 N–H and O–H groups in total. The van der Waals surface area contributed by atoms with Gasteiger partial charge in [-0.05, 0) is 20.8 Å². The summed E-state index contributed by atoms with van der Waals surface area (Å²) in [5.41, 5.74) is -0.441. The summed E-state index contributed by atoms with van der Waals surface area (Å²) < 4.78 is 21.6. The number of hydrogen-bond acceptors (Lipinski definition) is 7. The van der Waals surface area contributed by atoms with Gasteiger partial charge in [-0.15, -0.1) is 0 Å². The van der Waals surface area contributed by atoms with Crippen molar-refractivity contribution in [2.45, 2.75) is 57.2 Å². The first-order valence-electron chi connectivity index (χ1n) is 8.44. The van der Waals surface area contributed by atoms with Crippen molar-refractivity contribution in [3.63, 3.8) is 0 Å². The average molecular weight is 366 g/mol. The highest BCUT2D eigenvalue weighted by Gasteiger charge is 2.54. The lowest BCUT2D eigenvalue weighted by Gasteiger charge is -2.39. The molecular formula is C16H22N4O6. The highest BCUT2D eigenvalue weighted by Crippen LogP contribution is 2.41. The van der Waals surface area contributed by atoms with Crippen molar-refractivity contribution in [3.8, 4) is 0 Å². The summed E-state index contributed by atoms with van der Waals surface area (Å²) in [6.07, 6.45) is -1.90. The van der Waals surface area contributed by atoms with E-state index in [0.717, 1.165) is 4.57 Å². The second kappa shape index (κ2) is 5.49. The van der Waals surface area contributed by atoms with Crippen molar-refractivity contribution in [1.82, 2.24) is 18.7 Å². The molecule has 2 aliphatic heterocycles. The summed E-state index contributed by atoms with van der Waals surface area (Å²) in [6, 6.07) is 0. The first kappa shape index (κ1) is 17.4. The van der Waals surface area contributed by atoms with Gasteiger partial charge >= 0.3 is 5.69 Å². The number of aliphatic hydroxyl groups is 1. The zero-order valence-corrected chi connectivity index (χ0v) is 15.2. The number of nitrogens with zero attached hydrogens (tertiary/aromatic N) is 4. The van der Waals surface area contributed by atoms with E-state index < -0.39 is 47.7 Å². The third-order valence-electron chi connectivity index (χ3n) is 5.06. The molecule has 2 saturated heterocycles. The molecule has 2 aromatic heterocycles. The SMILES string of the molecule is C[C@@H]1O[C@@H](n2cnc3c2c(=O)n(C)c(=O)n3C)[C@@H]2OC(C)(C)O[C@@H]2[C@@H]1O. The Bertz CT molecular complexity index is 989. The van der Waals surface area contributed by atoms with Gasteiger partial charge in [-0.1, -0.05) is 0 Å². The second-order valence-corrected chi connectivity index (χ2v) is 7.32. The van der Waals surface area contributed by atoms with Crippen LogP contribution in [0.2, 0.25) is 0 Å². The Morgan fingerprint density at radius 2 is 1.81 bits per heavy atom. The summed E-state index contributed by atoms with van der Waals surface area (Å²) >= 11 is 0. The molecule has 0 bridgehead atoms. The van der Waals surface area contributed by atoms with Crippen LogP contribution in [0.3, 0.4) is 0 Å². The molecule has 2 aromatic rings. The standard InChI is InChI=1S/C16H22N4O6/c1-7-9(21)10-11(26-16(2,3)25-10)14(24-7)20-6-17-12-8(20)13(22)19(5)15(23)18(12)4/h6-7,9-11,14,21H,1-5H3/t7-,9+,10+,11+,14+/m0/s1. The molecule has 4 heterocycles. The third kappa shape index (κ3) is 2.29. The van der Waals surface area contributed by atoms with Crippen LogP contribution in [0.15, 0.2) is 15.9 Å². The van der Waals surface area contributed by atoms with Crippen molar-refractivity contribution >= 4 is 11.2 Å². The van der Waals surface area contributed by atoms with Crippen molar-refractivity contribution in [1.29, 1.82) is 0 Å². The number of ether oxygens (including phenoxy) is 3. The molecule has 2 aliphatic rings. The average Bonchev–Trinajstić information content (AvgIpc) is 3.15. The molecule has 0 spiro atoms. The van der Waals surface area contributed by atoms with Crippen LogP contribution in [0, 0.1) is 0 Å². The number of hydrogen-bond donors (Lipinski definition) is 1. The zero-order chi connectivity index (χ0) is 19.0. The van der Waals surface area contributed by atoms with Crippen molar-refractivity contribution in [2.24, 2.45) is 14.1 Å². The molecule has 0 aromatic carbocycles. The Kier molecular flexibility index (Phi) is 3.68. The summed E-state index contributed by atoms with van der Waals surface area (Å²) in [5.74, 6) is -0.893. The summed E-state index contributed by atoms with van der Waals surface area (Å²) in [6.45, 7) is 5.25. The fraction of sp³-hybridized carbons (Fsp3) is 0.688. The Balaban J connectivity index is 1.90. The van der Waals surface area contributed by atoms with E-state index in [-0.39, 0.29) is 11.2 Å². The molecule has 0 unspecified atom stereocenters. The molecule has 0 radical (unpaired) electrons. The lowest BCUT2D eigenvalue weighted by Crippen LogP contribution is -2.53. The van der Waals surface area contributed by atoms with Gasteiger partial charge < -0.3 is 19.3 Å². The summed E-state index contributed by atoms with van der Waals surface area (Å²) in [4.78, 5) is 29.0. The van der Waals surface area contributed by atoms with Gasteiger partial charge in [0, 0.05) is 14.1 Å². The second-order valence-electron chi connectivity index (χ2n) is 7.32. The van der Waals surface area contributed by atoms with E-state index in [9.17, 15) is 14.7 Å². The lowest BCUT2D eigenvalue weighted by molar-refractivity contribution is -0.206. The van der Waals surface area contributed by atoms with Crippen LogP contribution in [0.5, 0.6) is 0 Å². The van der Waals surface area contributed by atoms with Gasteiger partial charge in [0.2, 0.25) is 0 Å². The van der Waals surface area contributed by atoms with Crippen LogP contribution < -0.4 is 11.2 Å². The molecule has 26 heavy (non-hydrogen) atoms. The molecule has 5 atom stereocenters. The topological polar surface area (TPSA) is 110 Å². The molecule has 0 saturated carbocycles. The highest BCUT2D eigenvalue weighted by molar-refractivity contribution is 5.70. The van der Waals surface area contributed by atoms with Crippen LogP contribution >= 0.6 is 0 Å². The Hall–Kier alpha value is -2.01. The van der Waals surface area contributed by atoms with Gasteiger partial charge in [-0.3, -0.25) is 18.5 Å². The Morgan fingerprint density at radius 3 is 2.50 bits per heavy atom. The minimum Gasteiger partial charge on any atom is -0.388 e. The molecule has 0 aliphatic carbocycles. The van der Waals surface area contributed by atoms with E-state index in [2.05, 4.69) is 4.98 Å². The fourth-order valence-electron chi connectivity index (χ4n) is 3.73. The van der Waals surface area contributed by atoms with E-state index in [0.29, 0.717) is 0 Å². The van der Waals surface area contributed by atoms with Crippen LogP contribution in [-0.2, 0) is 28.3 Å². The van der Waals surface area contributed by atoms with Crippen LogP contribution in [-0.4, -0.2) is 54.0 Å². The molecule has 142 valence electrons. The van der Waals surface area contributed by atoms with E-state index in [1.165, 1.54) is 17.9 Å². The number of imidazole rings is 1. The van der Waals surface area contributed by atoms with Crippen molar-refractivity contribution < 1.29 is 19.3 Å². The van der Waals surface area contributed by atoms with Crippen molar-refractivity contribution in [2.75, 3.05) is 0 Å². The molecule has 10 nitrogen and oxygen atoms in total. The molecular weight excluding hydrogens is 344 g/mol. The largest absolute Gasteiger partial charge is 0.388 e. The normalized spacial score (nSPS) is 33.5. The van der Waals surface area contributed by atoms with Crippen molar-refractivity contribution in [3.05, 3.63) is 27.2 Å². The Labute approximate surface area is 148 Å². The van der Waals surface area contributed by atoms with Gasteiger partial charge in [0.25, 0.3) is 5.56 Å². The first-order valence-corrected chi connectivity index (χ1v) is 8.44. The van der Waals surface area contributed by atoms with E-state index >= 15 is 0 Å². The summed E-state index contributed by atoms with van der Waals surface area (Å²) in [7, 11) is 2.97. The van der Waals surface area contributed by atoms with Crippen LogP contribution in [0.4, 0.5) is 0 Å². The maximum absolute atomic E-state index is 12.7. The number of aryl methyl sites for hydroxylation is 1. The predicted molar refractivity (Wildman–Crippen MR) is 89.6 cm³/mol. The zero-order valence-electron chi connectivity index (χ0n) is 15.2. The Morgan fingerprint density at radius 1 is 1.15 bits per heavy atom. The molecule has 10 heteroatoms. The van der Waals surface area contributed by atoms with Gasteiger partial charge in [0.05, 0.1) is 12.4 Å². The number of aliphatic hydroxyl groups excluding tert-OH is 1. The first-order chi connectivity index (χ1) is 12.1. The van der Waals surface area contributed by atoms with E-state index in [1.807, 2.05) is 0 Å². The quantitative estimate of drug-likeness (QED) is 0.706. The summed E-state index contributed by atoms with van der Waals surface area (Å²) in [5, 5.41) is 10.4. The maximum atomic E-state index is 12.7. The molecule has 2 fully saturated rings. The minimum absolute atomic E-state index is 0.232. The van der Waals surface area contributed by atoms with Gasteiger partial charge in [0.1, 0.15) is 18.3 Å². The number of fused-ring (bicyclic) bond motifs is 2. The van der Waals surface area contributed by atoms with E-state index in [1.54, 1.807) is 32.4 Å². The smallest absolute Gasteiger partial charge is 0.332 e. The number of aromatic nitrogens is 4. The minimum atomic E-state index is -0.893. The van der Waals surface area contributed by atoms with Crippen LogP contribution in [0.1, 0.15) is 27.0 Å². The van der Waals surface area contributed by atoms with Gasteiger partial charge in [0.15, 0.2) is 23.2 Å². The van der Waals surface area contributed by atoms with Gasteiger partial charge in [-0.25, -0.2) is 9.78 Å². The van der Waals surface area contributed by atoms with E-state index in [4.69, 9.17) is 14.2 Å². The van der Waals surface area contributed by atoms with Crippen LogP contribution in [0.25, 0.3) is 11.2 Å². The predicted octanol–water partition coefficient (Wildman–Crippen LogP) is -0.768. The monoisotopic (exact) mass is 366 g/mol. The molecule has 4 rings (SSSR count). The highest BCUT2D eigenvalue weighted by atomic mass is 16.8. The molecule has 0 amide bonds.